The van der Waals surface area contributed by atoms with Gasteiger partial charge >= 0.3 is 0 Å². The third-order valence-corrected chi connectivity index (χ3v) is 7.21. The molecule has 0 bridgehead atoms. The molecular formula is C23H31FN4O3Si. The second-order valence-electron chi connectivity index (χ2n) is 9.13. The Labute approximate surface area is 189 Å². The van der Waals surface area contributed by atoms with E-state index >= 15 is 0 Å². The maximum absolute atomic E-state index is 12.8. The summed E-state index contributed by atoms with van der Waals surface area (Å²) in [4.78, 5) is 6.76. The highest BCUT2D eigenvalue weighted by Gasteiger charge is 2.18. The summed E-state index contributed by atoms with van der Waals surface area (Å²) in [5, 5.41) is 5.76. The quantitative estimate of drug-likeness (QED) is 0.346. The Hall–Kier alpha value is -2.49. The summed E-state index contributed by atoms with van der Waals surface area (Å²) in [5.41, 5.74) is 2.67. The first kappa shape index (κ1) is 22.7. The van der Waals surface area contributed by atoms with Crippen LogP contribution in [0.15, 0.2) is 36.5 Å². The summed E-state index contributed by atoms with van der Waals surface area (Å²) in [6.07, 6.45) is 1.80. The van der Waals surface area contributed by atoms with Crippen molar-refractivity contribution in [3.8, 4) is 17.0 Å². The topological polar surface area (TPSA) is 61.6 Å². The van der Waals surface area contributed by atoms with Crippen molar-refractivity contribution >= 4 is 24.8 Å². The van der Waals surface area contributed by atoms with E-state index in [0.29, 0.717) is 32.3 Å². The van der Waals surface area contributed by atoms with Crippen LogP contribution in [0.25, 0.3) is 22.2 Å². The van der Waals surface area contributed by atoms with Gasteiger partial charge < -0.3 is 19.1 Å². The Morgan fingerprint density at radius 1 is 1.12 bits per heavy atom. The number of morpholine rings is 1. The summed E-state index contributed by atoms with van der Waals surface area (Å²) in [6.45, 7) is 10.2. The van der Waals surface area contributed by atoms with Crippen LogP contribution in [0, 0.1) is 0 Å². The van der Waals surface area contributed by atoms with Crippen molar-refractivity contribution < 1.29 is 18.6 Å². The normalized spacial score (nSPS) is 14.8. The van der Waals surface area contributed by atoms with Crippen LogP contribution in [-0.4, -0.2) is 62.6 Å². The van der Waals surface area contributed by atoms with Crippen LogP contribution in [0.2, 0.25) is 25.7 Å². The van der Waals surface area contributed by atoms with Gasteiger partial charge in [-0.15, -0.1) is 0 Å². The van der Waals surface area contributed by atoms with Crippen LogP contribution in [-0.2, 0) is 16.2 Å². The Morgan fingerprint density at radius 3 is 2.69 bits per heavy atom. The maximum atomic E-state index is 12.8. The molecule has 0 N–H and O–H groups in total. The van der Waals surface area contributed by atoms with E-state index in [1.165, 1.54) is 0 Å². The summed E-state index contributed by atoms with van der Waals surface area (Å²) in [7, 11) is -1.16. The molecule has 1 fully saturated rings. The molecule has 0 saturated carbocycles. The number of pyridine rings is 1. The molecule has 1 saturated heterocycles. The van der Waals surface area contributed by atoms with Gasteiger partial charge in [-0.1, -0.05) is 19.6 Å². The van der Waals surface area contributed by atoms with Crippen LogP contribution in [0.4, 0.5) is 10.2 Å². The minimum atomic E-state index is -1.16. The molecule has 0 spiro atoms. The van der Waals surface area contributed by atoms with Crippen molar-refractivity contribution in [3.63, 3.8) is 0 Å². The van der Waals surface area contributed by atoms with Crippen molar-refractivity contribution in [2.24, 2.45) is 0 Å². The fourth-order valence-electron chi connectivity index (χ4n) is 3.68. The molecule has 32 heavy (non-hydrogen) atoms. The van der Waals surface area contributed by atoms with Crippen molar-refractivity contribution in [1.29, 1.82) is 0 Å². The average Bonchev–Trinajstić information content (AvgIpc) is 3.15. The van der Waals surface area contributed by atoms with Gasteiger partial charge in [-0.25, -0.2) is 14.1 Å². The zero-order valence-corrected chi connectivity index (χ0v) is 20.0. The van der Waals surface area contributed by atoms with Crippen molar-refractivity contribution in [1.82, 2.24) is 14.8 Å². The minimum absolute atomic E-state index is 0.367. The van der Waals surface area contributed by atoms with Gasteiger partial charge in [-0.3, -0.25) is 0 Å². The molecule has 2 aromatic heterocycles. The highest BCUT2D eigenvalue weighted by Crippen LogP contribution is 2.32. The molecule has 0 unspecified atom stereocenters. The molecule has 7 nitrogen and oxygen atoms in total. The Morgan fingerprint density at radius 2 is 1.94 bits per heavy atom. The number of alkyl halides is 1. The van der Waals surface area contributed by atoms with Gasteiger partial charge in [0.2, 0.25) is 6.86 Å². The van der Waals surface area contributed by atoms with Gasteiger partial charge in [-0.05, 0) is 36.4 Å². The molecule has 4 rings (SSSR count). The number of anilines is 1. The number of benzene rings is 1. The number of nitrogens with zero attached hydrogens (tertiary/aromatic N) is 4. The molecule has 0 radical (unpaired) electrons. The smallest absolute Gasteiger partial charge is 0.228 e. The molecule has 0 amide bonds. The molecule has 1 aliphatic rings. The van der Waals surface area contributed by atoms with Gasteiger partial charge in [0, 0.05) is 44.9 Å². The lowest BCUT2D eigenvalue weighted by atomic mass is 10.1. The zero-order chi connectivity index (χ0) is 22.6. The first-order valence-corrected chi connectivity index (χ1v) is 14.7. The second kappa shape index (κ2) is 9.97. The van der Waals surface area contributed by atoms with E-state index in [1.54, 1.807) is 12.3 Å². The minimum Gasteiger partial charge on any atom is -0.463 e. The summed E-state index contributed by atoms with van der Waals surface area (Å²) >= 11 is 0. The number of hydrogen-bond donors (Lipinski definition) is 0. The summed E-state index contributed by atoms with van der Waals surface area (Å²) in [6, 6.07) is 10.6. The number of hydrogen-bond acceptors (Lipinski definition) is 6. The highest BCUT2D eigenvalue weighted by atomic mass is 28.3. The van der Waals surface area contributed by atoms with E-state index in [0.717, 1.165) is 47.1 Å². The van der Waals surface area contributed by atoms with Crippen LogP contribution >= 0.6 is 0 Å². The van der Waals surface area contributed by atoms with E-state index in [4.69, 9.17) is 19.3 Å². The Kier molecular flexibility index (Phi) is 7.07. The van der Waals surface area contributed by atoms with Gasteiger partial charge in [0.1, 0.15) is 24.0 Å². The molecule has 3 heterocycles. The molecule has 3 aromatic rings. The summed E-state index contributed by atoms with van der Waals surface area (Å²) < 4.78 is 31.2. The second-order valence-corrected chi connectivity index (χ2v) is 14.8. The SMILES string of the molecule is C[Si](C)(C)CCOCn1nc(-c2ccnc(N3CCOCC3)c2)c2cc(OCF)ccc21. The highest BCUT2D eigenvalue weighted by molar-refractivity contribution is 6.76. The third-order valence-electron chi connectivity index (χ3n) is 5.51. The van der Waals surface area contributed by atoms with Crippen molar-refractivity contribution in [3.05, 3.63) is 36.5 Å². The zero-order valence-electron chi connectivity index (χ0n) is 19.0. The van der Waals surface area contributed by atoms with Crippen LogP contribution in [0.5, 0.6) is 5.75 Å². The van der Waals surface area contributed by atoms with Gasteiger partial charge in [0.15, 0.2) is 0 Å². The van der Waals surface area contributed by atoms with Gasteiger partial charge in [0.25, 0.3) is 0 Å². The Bertz CT molecular complexity index is 1050. The first-order valence-electron chi connectivity index (χ1n) is 11.0. The maximum Gasteiger partial charge on any atom is 0.228 e. The molecule has 0 aliphatic carbocycles. The van der Waals surface area contributed by atoms with E-state index in [1.807, 2.05) is 28.9 Å². The van der Waals surface area contributed by atoms with E-state index in [-0.39, 0.29) is 0 Å². The van der Waals surface area contributed by atoms with Crippen molar-refractivity contribution in [2.45, 2.75) is 32.4 Å². The Balaban J connectivity index is 1.66. The lowest BCUT2D eigenvalue weighted by Crippen LogP contribution is -2.36. The van der Waals surface area contributed by atoms with Crippen LogP contribution in [0.1, 0.15) is 0 Å². The number of ether oxygens (including phenoxy) is 3. The summed E-state index contributed by atoms with van der Waals surface area (Å²) in [5.74, 6) is 1.37. The molecule has 9 heteroatoms. The van der Waals surface area contributed by atoms with E-state index in [9.17, 15) is 4.39 Å². The number of rotatable bonds is 9. The molecule has 1 aromatic carbocycles. The predicted octanol–water partition coefficient (Wildman–Crippen LogP) is 4.55. The fourth-order valence-corrected chi connectivity index (χ4v) is 4.44. The predicted molar refractivity (Wildman–Crippen MR) is 127 cm³/mol. The first-order chi connectivity index (χ1) is 15.4. The van der Waals surface area contributed by atoms with Crippen LogP contribution in [0.3, 0.4) is 0 Å². The van der Waals surface area contributed by atoms with Gasteiger partial charge in [-0.2, -0.15) is 5.10 Å². The number of fused-ring (bicyclic) bond motifs is 1. The molecule has 172 valence electrons. The fraction of sp³-hybridized carbons (Fsp3) is 0.478. The van der Waals surface area contributed by atoms with Crippen LogP contribution < -0.4 is 9.64 Å². The van der Waals surface area contributed by atoms with E-state index < -0.39 is 14.9 Å². The molecule has 0 atom stereocenters. The average molecular weight is 459 g/mol. The monoisotopic (exact) mass is 458 g/mol. The number of halogens is 1. The lowest BCUT2D eigenvalue weighted by Gasteiger charge is -2.27. The standard InChI is InChI=1S/C23H31FN4O3Si/c1-32(2,3)13-12-30-17-28-21-5-4-19(31-16-24)15-20(21)23(26-28)18-6-7-25-22(14-18)27-8-10-29-11-9-27/h4-7,14-15H,8-13,16-17H2,1-3H3. The lowest BCUT2D eigenvalue weighted by molar-refractivity contribution is 0.0818. The third kappa shape index (κ3) is 5.46. The molecule has 1 aliphatic heterocycles. The van der Waals surface area contributed by atoms with Crippen molar-refractivity contribution in [2.75, 3.05) is 44.7 Å². The molecular weight excluding hydrogens is 427 g/mol. The van der Waals surface area contributed by atoms with Gasteiger partial charge in [0.05, 0.1) is 18.7 Å². The largest absolute Gasteiger partial charge is 0.463 e. The number of aromatic nitrogens is 3. The van der Waals surface area contributed by atoms with E-state index in [2.05, 4.69) is 29.5 Å².